The van der Waals surface area contributed by atoms with Crippen LogP contribution in [0.15, 0.2) is 51.1 Å². The van der Waals surface area contributed by atoms with E-state index in [2.05, 4.69) is 40.7 Å². The molecule has 0 spiro atoms. The number of furan rings is 1. The first-order chi connectivity index (χ1) is 7.43. The van der Waals surface area contributed by atoms with Crippen molar-refractivity contribution in [2.45, 2.75) is 0 Å². The topological polar surface area (TPSA) is 13.1 Å². The van der Waals surface area contributed by atoms with Gasteiger partial charge in [-0.3, -0.25) is 0 Å². The SMILES string of the molecule is c1csc(-c2ccc(-c3ccc[se]3)o2)c1. The van der Waals surface area contributed by atoms with Gasteiger partial charge < -0.3 is 0 Å². The summed E-state index contributed by atoms with van der Waals surface area (Å²) >= 11 is 2.16. The molecule has 74 valence electrons. The minimum absolute atomic E-state index is 0.449. The Morgan fingerprint density at radius 1 is 1.00 bits per heavy atom. The van der Waals surface area contributed by atoms with Gasteiger partial charge in [0.05, 0.1) is 0 Å². The molecule has 3 aromatic heterocycles. The first-order valence-corrected chi connectivity index (χ1v) is 7.33. The molecule has 0 aliphatic heterocycles. The average molecular weight is 279 g/mol. The fraction of sp³-hybridized carbons (Fsp3) is 0. The molecule has 0 bridgehead atoms. The summed E-state index contributed by atoms with van der Waals surface area (Å²) in [5, 5.41) is 2.07. The Morgan fingerprint density at radius 2 is 1.93 bits per heavy atom. The second-order valence-corrected chi connectivity index (χ2v) is 6.05. The van der Waals surface area contributed by atoms with Gasteiger partial charge in [-0.05, 0) is 0 Å². The van der Waals surface area contributed by atoms with Gasteiger partial charge in [-0.15, -0.1) is 0 Å². The van der Waals surface area contributed by atoms with E-state index >= 15 is 0 Å². The van der Waals surface area contributed by atoms with Gasteiger partial charge in [-0.25, -0.2) is 0 Å². The third-order valence-electron chi connectivity index (χ3n) is 2.13. The maximum absolute atomic E-state index is 5.83. The fourth-order valence-electron chi connectivity index (χ4n) is 1.44. The van der Waals surface area contributed by atoms with Crippen LogP contribution in [0.1, 0.15) is 0 Å². The molecule has 3 rings (SSSR count). The molecule has 0 saturated carbocycles. The van der Waals surface area contributed by atoms with Crippen molar-refractivity contribution in [2.24, 2.45) is 0 Å². The molecule has 0 N–H and O–H groups in total. The molecule has 3 heterocycles. The monoisotopic (exact) mass is 280 g/mol. The molecule has 0 aromatic carbocycles. The van der Waals surface area contributed by atoms with Crippen molar-refractivity contribution in [3.63, 3.8) is 0 Å². The van der Waals surface area contributed by atoms with E-state index in [4.69, 9.17) is 4.42 Å². The van der Waals surface area contributed by atoms with Crippen molar-refractivity contribution in [1.82, 2.24) is 0 Å². The molecular formula is C12H8OSSe. The molecule has 0 aliphatic carbocycles. The van der Waals surface area contributed by atoms with Crippen molar-refractivity contribution in [3.8, 4) is 20.8 Å². The van der Waals surface area contributed by atoms with Crippen LogP contribution in [0.2, 0.25) is 0 Å². The minimum atomic E-state index is 0.449. The first kappa shape index (κ1) is 9.22. The Bertz CT molecular complexity index is 485. The quantitative estimate of drug-likeness (QED) is 0.651. The van der Waals surface area contributed by atoms with E-state index in [-0.39, 0.29) is 0 Å². The molecular weight excluding hydrogens is 271 g/mol. The van der Waals surface area contributed by atoms with Crippen LogP contribution in [-0.2, 0) is 0 Å². The number of hydrogen-bond acceptors (Lipinski definition) is 2. The van der Waals surface area contributed by atoms with Crippen LogP contribution in [-0.4, -0.2) is 14.5 Å². The molecule has 3 aromatic rings. The Balaban J connectivity index is 2.02. The van der Waals surface area contributed by atoms with Crippen LogP contribution < -0.4 is 0 Å². The molecule has 0 amide bonds. The van der Waals surface area contributed by atoms with Crippen molar-refractivity contribution in [3.05, 3.63) is 46.7 Å². The summed E-state index contributed by atoms with van der Waals surface area (Å²) in [6, 6.07) is 12.5. The summed E-state index contributed by atoms with van der Waals surface area (Å²) < 4.78 is 7.15. The molecule has 0 unspecified atom stereocenters. The zero-order valence-electron chi connectivity index (χ0n) is 7.84. The summed E-state index contributed by atoms with van der Waals surface area (Å²) in [5.74, 6) is 1.99. The number of thiophene rings is 1. The van der Waals surface area contributed by atoms with Crippen LogP contribution in [0.3, 0.4) is 0 Å². The third-order valence-corrected chi connectivity index (χ3v) is 4.87. The van der Waals surface area contributed by atoms with Crippen molar-refractivity contribution in [1.29, 1.82) is 0 Å². The van der Waals surface area contributed by atoms with E-state index in [0.29, 0.717) is 14.5 Å². The summed E-state index contributed by atoms with van der Waals surface area (Å²) in [7, 11) is 0. The standard InChI is InChI=1S/C12H8OSSe/c1-3-11(14-7-1)9-5-6-10(13-9)12-4-2-8-15-12/h1-8H. The van der Waals surface area contributed by atoms with E-state index in [9.17, 15) is 0 Å². The van der Waals surface area contributed by atoms with E-state index < -0.39 is 0 Å². The Labute approximate surface area is 97.7 Å². The third kappa shape index (κ3) is 1.74. The molecule has 15 heavy (non-hydrogen) atoms. The molecule has 0 fully saturated rings. The Morgan fingerprint density at radius 3 is 2.67 bits per heavy atom. The summed E-state index contributed by atoms with van der Waals surface area (Å²) in [4.78, 5) is 3.40. The van der Waals surface area contributed by atoms with Gasteiger partial charge in [-0.2, -0.15) is 0 Å². The van der Waals surface area contributed by atoms with Gasteiger partial charge in [-0.1, -0.05) is 0 Å². The van der Waals surface area contributed by atoms with E-state index in [1.165, 1.54) is 9.31 Å². The van der Waals surface area contributed by atoms with Crippen LogP contribution >= 0.6 is 11.3 Å². The zero-order chi connectivity index (χ0) is 10.1. The predicted octanol–water partition coefficient (Wildman–Crippen LogP) is 3.73. The Kier molecular flexibility index (Phi) is 2.37. The average Bonchev–Trinajstić information content (AvgIpc) is 3.02. The van der Waals surface area contributed by atoms with Crippen LogP contribution in [0, 0.1) is 0 Å². The Hall–Kier alpha value is -1.02. The molecule has 0 atom stereocenters. The van der Waals surface area contributed by atoms with E-state index in [1.54, 1.807) is 11.3 Å². The molecule has 1 nitrogen and oxygen atoms in total. The van der Waals surface area contributed by atoms with Crippen molar-refractivity contribution < 1.29 is 4.42 Å². The molecule has 0 radical (unpaired) electrons. The van der Waals surface area contributed by atoms with Gasteiger partial charge in [0, 0.05) is 0 Å². The van der Waals surface area contributed by atoms with Crippen LogP contribution in [0.25, 0.3) is 20.8 Å². The van der Waals surface area contributed by atoms with E-state index in [0.717, 1.165) is 11.5 Å². The maximum atomic E-state index is 5.83. The van der Waals surface area contributed by atoms with Gasteiger partial charge >= 0.3 is 97.8 Å². The predicted molar refractivity (Wildman–Crippen MR) is 64.4 cm³/mol. The van der Waals surface area contributed by atoms with Crippen molar-refractivity contribution in [2.75, 3.05) is 0 Å². The van der Waals surface area contributed by atoms with Crippen LogP contribution in [0.4, 0.5) is 0 Å². The molecule has 0 aliphatic rings. The number of hydrogen-bond donors (Lipinski definition) is 0. The second kappa shape index (κ2) is 3.86. The van der Waals surface area contributed by atoms with Gasteiger partial charge in [0.25, 0.3) is 0 Å². The summed E-state index contributed by atoms with van der Waals surface area (Å²) in [6.07, 6.45) is 0. The van der Waals surface area contributed by atoms with Gasteiger partial charge in [0.2, 0.25) is 0 Å². The zero-order valence-corrected chi connectivity index (χ0v) is 10.4. The molecule has 3 heteroatoms. The summed E-state index contributed by atoms with van der Waals surface area (Å²) in [5.41, 5.74) is 0. The van der Waals surface area contributed by atoms with Gasteiger partial charge in [0.1, 0.15) is 0 Å². The van der Waals surface area contributed by atoms with Crippen molar-refractivity contribution >= 4 is 25.8 Å². The molecule has 0 saturated heterocycles. The fourth-order valence-corrected chi connectivity index (χ4v) is 3.57. The second-order valence-electron chi connectivity index (χ2n) is 3.12. The summed E-state index contributed by atoms with van der Waals surface area (Å²) in [6.45, 7) is 0. The first-order valence-electron chi connectivity index (χ1n) is 4.61. The number of rotatable bonds is 2. The van der Waals surface area contributed by atoms with Crippen LogP contribution in [0.5, 0.6) is 0 Å². The van der Waals surface area contributed by atoms with Gasteiger partial charge in [0.15, 0.2) is 0 Å². The van der Waals surface area contributed by atoms with E-state index in [1.807, 2.05) is 6.07 Å². The normalized spacial score (nSPS) is 10.7.